The van der Waals surface area contributed by atoms with Gasteiger partial charge in [0.05, 0.1) is 6.61 Å². The topological polar surface area (TPSA) is 44.8 Å². The van der Waals surface area contributed by atoms with Gasteiger partial charge in [0, 0.05) is 13.2 Å². The van der Waals surface area contributed by atoms with Gasteiger partial charge in [-0.1, -0.05) is 0 Å². The molecule has 4 rings (SSSR count). The van der Waals surface area contributed by atoms with Gasteiger partial charge in [-0.25, -0.2) is 0 Å². The highest BCUT2D eigenvalue weighted by Crippen LogP contribution is 2.59. The second kappa shape index (κ2) is 7.52. The minimum atomic E-state index is -0.452. The van der Waals surface area contributed by atoms with Crippen LogP contribution in [0.15, 0.2) is 0 Å². The molecule has 0 N–H and O–H groups in total. The summed E-state index contributed by atoms with van der Waals surface area (Å²) in [7, 11) is 0. The Hall–Kier alpha value is -0.610. The molecule has 4 aliphatic carbocycles. The van der Waals surface area contributed by atoms with Gasteiger partial charge in [-0.2, -0.15) is 0 Å². The summed E-state index contributed by atoms with van der Waals surface area (Å²) in [6.07, 6.45) is 6.13. The Morgan fingerprint density at radius 2 is 1.39 bits per heavy atom. The smallest absolute Gasteiger partial charge is 0.314 e. The van der Waals surface area contributed by atoms with Gasteiger partial charge in [0.25, 0.3) is 0 Å². The maximum Gasteiger partial charge on any atom is 0.314 e. The maximum atomic E-state index is 12.8. The molecule has 1 unspecified atom stereocenters. The first-order chi connectivity index (χ1) is 11.2. The minimum absolute atomic E-state index is 0.114. The van der Waals surface area contributed by atoms with Crippen LogP contribution in [-0.4, -0.2) is 32.1 Å². The fourth-order valence-corrected chi connectivity index (χ4v) is 5.83. The number of hydrogen-bond donors (Lipinski definition) is 0. The van der Waals surface area contributed by atoms with Crippen molar-refractivity contribution < 1.29 is 19.0 Å². The number of carbonyl (C=O) groups is 1. The van der Waals surface area contributed by atoms with Gasteiger partial charge in [0.15, 0.2) is 6.29 Å². The van der Waals surface area contributed by atoms with E-state index in [1.165, 1.54) is 32.1 Å². The molecule has 4 saturated carbocycles. The lowest BCUT2D eigenvalue weighted by atomic mass is 9.49. The van der Waals surface area contributed by atoms with E-state index < -0.39 is 6.29 Å². The monoisotopic (exact) mass is 324 g/mol. The van der Waals surface area contributed by atoms with E-state index in [-0.39, 0.29) is 11.9 Å². The van der Waals surface area contributed by atoms with Gasteiger partial charge in [-0.15, -0.1) is 0 Å². The van der Waals surface area contributed by atoms with Crippen LogP contribution in [0.25, 0.3) is 0 Å². The number of hydrogen-bond acceptors (Lipinski definition) is 4. The Labute approximate surface area is 140 Å². The lowest BCUT2D eigenvalue weighted by molar-refractivity contribution is -0.214. The third-order valence-corrected chi connectivity index (χ3v) is 6.23. The summed E-state index contributed by atoms with van der Waals surface area (Å²) in [4.78, 5) is 12.8. The quantitative estimate of drug-likeness (QED) is 0.505. The zero-order valence-corrected chi connectivity index (χ0v) is 14.8. The number of carbonyl (C=O) groups excluding carboxylic acids is 1. The fraction of sp³-hybridized carbons (Fsp3) is 0.947. The summed E-state index contributed by atoms with van der Waals surface area (Å²) in [6.45, 7) is 7.35. The molecule has 0 radical (unpaired) electrons. The summed E-state index contributed by atoms with van der Waals surface area (Å²) in [5, 5.41) is 0. The Bertz CT molecular complexity index is 374. The number of ether oxygens (including phenoxy) is 3. The highest BCUT2D eigenvalue weighted by Gasteiger charge is 2.54. The molecule has 0 aromatic carbocycles. The van der Waals surface area contributed by atoms with E-state index >= 15 is 0 Å². The van der Waals surface area contributed by atoms with Crippen LogP contribution in [0.4, 0.5) is 0 Å². The summed E-state index contributed by atoms with van der Waals surface area (Å²) in [5.74, 6) is 3.11. The molecule has 0 saturated heterocycles. The fourth-order valence-electron chi connectivity index (χ4n) is 5.83. The Balaban J connectivity index is 1.83. The van der Waals surface area contributed by atoms with Crippen molar-refractivity contribution in [2.75, 3.05) is 19.8 Å². The summed E-state index contributed by atoms with van der Waals surface area (Å²) < 4.78 is 17.1. The van der Waals surface area contributed by atoms with Gasteiger partial charge >= 0.3 is 5.97 Å². The van der Waals surface area contributed by atoms with Gasteiger partial charge in [-0.05, 0) is 82.5 Å². The zero-order valence-electron chi connectivity index (χ0n) is 14.8. The number of esters is 1. The summed E-state index contributed by atoms with van der Waals surface area (Å²) in [6, 6.07) is 0. The molecular weight excluding hydrogens is 292 g/mol. The van der Waals surface area contributed by atoms with E-state index in [0.717, 1.165) is 11.8 Å². The van der Waals surface area contributed by atoms with Crippen LogP contribution in [0.3, 0.4) is 0 Å². The van der Waals surface area contributed by atoms with Gasteiger partial charge < -0.3 is 14.2 Å². The molecule has 23 heavy (non-hydrogen) atoms. The molecule has 4 fully saturated rings. The molecule has 0 amide bonds. The van der Waals surface area contributed by atoms with Crippen LogP contribution in [-0.2, 0) is 19.0 Å². The standard InChI is InChI=1S/C19H32O4/c1-4-21-18(20)17(19(22-5-2)23-6-3)16-14-8-12-7-13(10-14)11-15(16)9-12/h12-17,19H,4-11H2,1-3H3. The highest BCUT2D eigenvalue weighted by atomic mass is 16.7. The molecule has 0 aromatic rings. The largest absolute Gasteiger partial charge is 0.466 e. The Morgan fingerprint density at radius 1 is 0.870 bits per heavy atom. The maximum absolute atomic E-state index is 12.8. The Kier molecular flexibility index (Phi) is 5.63. The molecule has 4 nitrogen and oxygen atoms in total. The third kappa shape index (κ3) is 3.43. The first-order valence-corrected chi connectivity index (χ1v) is 9.57. The normalized spacial score (nSPS) is 36.4. The van der Waals surface area contributed by atoms with Gasteiger partial charge in [-0.3, -0.25) is 4.79 Å². The average molecular weight is 324 g/mol. The third-order valence-electron chi connectivity index (χ3n) is 6.23. The lowest BCUT2D eigenvalue weighted by Gasteiger charge is -2.56. The first-order valence-electron chi connectivity index (χ1n) is 9.57. The predicted octanol–water partition coefficient (Wildman–Crippen LogP) is 3.64. The van der Waals surface area contributed by atoms with Crippen LogP contribution < -0.4 is 0 Å². The van der Waals surface area contributed by atoms with E-state index in [1.54, 1.807) is 0 Å². The van der Waals surface area contributed by atoms with Crippen molar-refractivity contribution in [2.24, 2.45) is 35.5 Å². The predicted molar refractivity (Wildman–Crippen MR) is 87.7 cm³/mol. The first kappa shape index (κ1) is 17.2. The minimum Gasteiger partial charge on any atom is -0.466 e. The zero-order chi connectivity index (χ0) is 16.4. The second-order valence-corrected chi connectivity index (χ2v) is 7.56. The van der Waals surface area contributed by atoms with Gasteiger partial charge in [0.1, 0.15) is 5.92 Å². The molecule has 0 spiro atoms. The summed E-state index contributed by atoms with van der Waals surface area (Å²) >= 11 is 0. The molecule has 4 aliphatic rings. The van der Waals surface area contributed by atoms with Gasteiger partial charge in [0.2, 0.25) is 0 Å². The van der Waals surface area contributed by atoms with Crippen LogP contribution in [0, 0.1) is 35.5 Å². The molecule has 1 atom stereocenters. The molecule has 4 heteroatoms. The van der Waals surface area contributed by atoms with E-state index in [1.807, 2.05) is 20.8 Å². The van der Waals surface area contributed by atoms with Crippen molar-refractivity contribution in [1.29, 1.82) is 0 Å². The SMILES string of the molecule is CCOC(=O)C(C(OCC)OCC)C1C2CC3CC(C2)CC1C3. The molecule has 0 aromatic heterocycles. The van der Waals surface area contributed by atoms with Crippen LogP contribution >= 0.6 is 0 Å². The van der Waals surface area contributed by atoms with Crippen molar-refractivity contribution in [2.45, 2.75) is 59.2 Å². The van der Waals surface area contributed by atoms with Crippen LogP contribution in [0.5, 0.6) is 0 Å². The van der Waals surface area contributed by atoms with E-state index in [0.29, 0.717) is 37.6 Å². The van der Waals surface area contributed by atoms with Crippen molar-refractivity contribution in [3.8, 4) is 0 Å². The van der Waals surface area contributed by atoms with E-state index in [4.69, 9.17) is 14.2 Å². The molecule has 4 bridgehead atoms. The molecular formula is C19H32O4. The lowest BCUT2D eigenvalue weighted by Crippen LogP contribution is -2.53. The summed E-state index contributed by atoms with van der Waals surface area (Å²) in [5.41, 5.74) is 0. The van der Waals surface area contributed by atoms with E-state index in [2.05, 4.69) is 0 Å². The highest BCUT2D eigenvalue weighted by molar-refractivity contribution is 5.73. The van der Waals surface area contributed by atoms with E-state index in [9.17, 15) is 4.79 Å². The van der Waals surface area contributed by atoms with Crippen LogP contribution in [0.1, 0.15) is 52.9 Å². The molecule has 132 valence electrons. The Morgan fingerprint density at radius 3 is 1.83 bits per heavy atom. The number of rotatable bonds is 8. The van der Waals surface area contributed by atoms with Crippen molar-refractivity contribution in [3.63, 3.8) is 0 Å². The molecule has 0 heterocycles. The van der Waals surface area contributed by atoms with Crippen molar-refractivity contribution >= 4 is 5.97 Å². The van der Waals surface area contributed by atoms with Crippen molar-refractivity contribution in [3.05, 3.63) is 0 Å². The molecule has 0 aliphatic heterocycles. The second-order valence-electron chi connectivity index (χ2n) is 7.56. The van der Waals surface area contributed by atoms with Crippen molar-refractivity contribution in [1.82, 2.24) is 0 Å². The average Bonchev–Trinajstić information content (AvgIpc) is 2.50. The van der Waals surface area contributed by atoms with Crippen LogP contribution in [0.2, 0.25) is 0 Å².